The molecular formula is C13H14F6N4O2. The van der Waals surface area contributed by atoms with E-state index in [9.17, 15) is 31.1 Å². The van der Waals surface area contributed by atoms with E-state index in [2.05, 4.69) is 25.3 Å². The lowest BCUT2D eigenvalue weighted by Gasteiger charge is -2.36. The predicted molar refractivity (Wildman–Crippen MR) is 71.5 cm³/mol. The molecule has 1 aliphatic carbocycles. The van der Waals surface area contributed by atoms with Gasteiger partial charge in [0, 0.05) is 12.2 Å². The number of alkyl halides is 6. The highest BCUT2D eigenvalue weighted by molar-refractivity contribution is 5.74. The summed E-state index contributed by atoms with van der Waals surface area (Å²) in [7, 11) is 0. The standard InChI is InChI=1S/C13H14F6N4O2/c14-12(15,16)6-25-11-20-2-1-8(23-11)5-21-10(24)22-9-3-7(4-9)13(17,18)19/h1-2,7,9H,3-6H2,(H2,21,22,24)/t7-,9-. The van der Waals surface area contributed by atoms with Crippen LogP contribution in [0.5, 0.6) is 6.01 Å². The maximum absolute atomic E-state index is 12.3. The van der Waals surface area contributed by atoms with Gasteiger partial charge in [-0.05, 0) is 18.9 Å². The Morgan fingerprint density at radius 2 is 1.92 bits per heavy atom. The molecule has 1 fully saturated rings. The molecule has 0 atom stereocenters. The van der Waals surface area contributed by atoms with Gasteiger partial charge in [-0.2, -0.15) is 31.3 Å². The number of urea groups is 1. The average molecular weight is 372 g/mol. The lowest BCUT2D eigenvalue weighted by atomic mass is 9.80. The molecule has 25 heavy (non-hydrogen) atoms. The Morgan fingerprint density at radius 1 is 1.24 bits per heavy atom. The fourth-order valence-corrected chi connectivity index (χ4v) is 2.10. The monoisotopic (exact) mass is 372 g/mol. The molecule has 1 saturated carbocycles. The molecule has 0 spiro atoms. The molecule has 0 saturated heterocycles. The van der Waals surface area contributed by atoms with E-state index in [1.807, 2.05) is 0 Å². The molecule has 0 aliphatic heterocycles. The lowest BCUT2D eigenvalue weighted by molar-refractivity contribution is -0.198. The van der Waals surface area contributed by atoms with E-state index < -0.39 is 43.0 Å². The van der Waals surface area contributed by atoms with E-state index in [1.54, 1.807) is 0 Å². The Hall–Kier alpha value is -2.27. The van der Waals surface area contributed by atoms with Gasteiger partial charge in [0.1, 0.15) is 0 Å². The van der Waals surface area contributed by atoms with E-state index in [0.29, 0.717) is 0 Å². The van der Waals surface area contributed by atoms with Crippen LogP contribution >= 0.6 is 0 Å². The van der Waals surface area contributed by atoms with Crippen molar-refractivity contribution >= 4 is 6.03 Å². The van der Waals surface area contributed by atoms with E-state index in [1.165, 1.54) is 6.07 Å². The summed E-state index contributed by atoms with van der Waals surface area (Å²) in [5.74, 6) is -1.41. The SMILES string of the molecule is O=C(NCc1ccnc(OCC(F)(F)F)n1)N[C@H]1C[C@H](C(F)(F)F)C1. The number of hydrogen-bond donors (Lipinski definition) is 2. The van der Waals surface area contributed by atoms with E-state index in [0.717, 1.165) is 6.20 Å². The number of rotatable bonds is 5. The van der Waals surface area contributed by atoms with Crippen molar-refractivity contribution in [2.24, 2.45) is 5.92 Å². The Labute approximate surface area is 138 Å². The normalized spacial score (nSPS) is 20.6. The number of nitrogens with one attached hydrogen (secondary N) is 2. The molecule has 6 nitrogen and oxygen atoms in total. The first-order chi connectivity index (χ1) is 11.5. The topological polar surface area (TPSA) is 76.1 Å². The summed E-state index contributed by atoms with van der Waals surface area (Å²) in [6.07, 6.45) is -8.00. The Bertz CT molecular complexity index is 601. The molecule has 12 heteroatoms. The minimum Gasteiger partial charge on any atom is -0.454 e. The molecule has 0 aromatic carbocycles. The van der Waals surface area contributed by atoms with Crippen LogP contribution < -0.4 is 15.4 Å². The molecule has 1 heterocycles. The zero-order valence-electron chi connectivity index (χ0n) is 12.6. The summed E-state index contributed by atoms with van der Waals surface area (Å²) in [5.41, 5.74) is 0.184. The summed E-state index contributed by atoms with van der Waals surface area (Å²) in [6, 6.07) is -0.405. The first-order valence-electron chi connectivity index (χ1n) is 7.15. The van der Waals surface area contributed by atoms with Gasteiger partial charge in [-0.15, -0.1) is 0 Å². The molecule has 0 bridgehead atoms. The number of amides is 2. The first-order valence-corrected chi connectivity index (χ1v) is 7.15. The minimum atomic E-state index is -4.53. The molecular weight excluding hydrogens is 358 g/mol. The summed E-state index contributed by atoms with van der Waals surface area (Å²) >= 11 is 0. The van der Waals surface area contributed by atoms with Crippen LogP contribution in [0.1, 0.15) is 18.5 Å². The minimum absolute atomic E-state index is 0.147. The van der Waals surface area contributed by atoms with Gasteiger partial charge in [-0.1, -0.05) is 0 Å². The zero-order chi connectivity index (χ0) is 18.7. The van der Waals surface area contributed by atoms with Gasteiger partial charge in [0.05, 0.1) is 18.2 Å². The fourth-order valence-electron chi connectivity index (χ4n) is 2.10. The third-order valence-electron chi connectivity index (χ3n) is 3.42. The molecule has 0 unspecified atom stereocenters. The van der Waals surface area contributed by atoms with Gasteiger partial charge in [0.2, 0.25) is 0 Å². The molecule has 140 valence electrons. The Morgan fingerprint density at radius 3 is 2.52 bits per heavy atom. The molecule has 2 rings (SSSR count). The molecule has 1 aromatic rings. The largest absolute Gasteiger partial charge is 0.454 e. The molecule has 1 aliphatic rings. The van der Waals surface area contributed by atoms with Crippen LogP contribution in [0.3, 0.4) is 0 Å². The van der Waals surface area contributed by atoms with Crippen LogP contribution in [0, 0.1) is 5.92 Å². The quantitative estimate of drug-likeness (QED) is 0.779. The highest BCUT2D eigenvalue weighted by Gasteiger charge is 2.48. The second-order valence-corrected chi connectivity index (χ2v) is 5.47. The average Bonchev–Trinajstić information content (AvgIpc) is 2.45. The van der Waals surface area contributed by atoms with Crippen molar-refractivity contribution in [3.8, 4) is 6.01 Å². The van der Waals surface area contributed by atoms with Gasteiger partial charge >= 0.3 is 24.4 Å². The number of carbonyl (C=O) groups excluding carboxylic acids is 1. The smallest absolute Gasteiger partial charge is 0.422 e. The first kappa shape index (κ1) is 19.1. The van der Waals surface area contributed by atoms with E-state index in [4.69, 9.17) is 0 Å². The van der Waals surface area contributed by atoms with Crippen molar-refractivity contribution in [2.45, 2.75) is 37.8 Å². The highest BCUT2D eigenvalue weighted by Crippen LogP contribution is 2.40. The van der Waals surface area contributed by atoms with Crippen molar-refractivity contribution in [3.63, 3.8) is 0 Å². The maximum atomic E-state index is 12.3. The second kappa shape index (κ2) is 7.31. The number of carbonyl (C=O) groups is 1. The summed E-state index contributed by atoms with van der Waals surface area (Å²) in [5, 5.41) is 4.73. The summed E-state index contributed by atoms with van der Waals surface area (Å²) < 4.78 is 77.5. The van der Waals surface area contributed by atoms with Gasteiger partial charge in [0.15, 0.2) is 6.61 Å². The Kier molecular flexibility index (Phi) is 5.58. The van der Waals surface area contributed by atoms with Crippen LogP contribution in [0.4, 0.5) is 31.1 Å². The molecule has 2 amide bonds. The Balaban J connectivity index is 1.73. The van der Waals surface area contributed by atoms with Crippen molar-refractivity contribution in [1.82, 2.24) is 20.6 Å². The molecule has 1 aromatic heterocycles. The molecule has 0 radical (unpaired) electrons. The summed E-state index contributed by atoms with van der Waals surface area (Å²) in [4.78, 5) is 18.8. The van der Waals surface area contributed by atoms with Crippen molar-refractivity contribution in [3.05, 3.63) is 18.0 Å². The van der Waals surface area contributed by atoms with E-state index >= 15 is 0 Å². The van der Waals surface area contributed by atoms with Crippen LogP contribution in [-0.4, -0.2) is 41.0 Å². The lowest BCUT2D eigenvalue weighted by Crippen LogP contribution is -2.51. The van der Waals surface area contributed by atoms with Crippen LogP contribution in [0.2, 0.25) is 0 Å². The van der Waals surface area contributed by atoms with Gasteiger partial charge in [-0.3, -0.25) is 0 Å². The molecule has 2 N–H and O–H groups in total. The number of aromatic nitrogens is 2. The predicted octanol–water partition coefficient (Wildman–Crippen LogP) is 2.56. The number of nitrogens with zero attached hydrogens (tertiary/aromatic N) is 2. The van der Waals surface area contributed by atoms with Crippen LogP contribution in [0.15, 0.2) is 12.3 Å². The summed E-state index contributed by atoms with van der Waals surface area (Å²) in [6.45, 7) is -1.70. The van der Waals surface area contributed by atoms with E-state index in [-0.39, 0.29) is 25.1 Å². The second-order valence-electron chi connectivity index (χ2n) is 5.47. The highest BCUT2D eigenvalue weighted by atomic mass is 19.4. The van der Waals surface area contributed by atoms with Gasteiger partial charge in [-0.25, -0.2) is 9.78 Å². The van der Waals surface area contributed by atoms with Gasteiger partial charge in [0.25, 0.3) is 0 Å². The van der Waals surface area contributed by atoms with Crippen molar-refractivity contribution in [1.29, 1.82) is 0 Å². The van der Waals surface area contributed by atoms with Crippen molar-refractivity contribution < 1.29 is 35.9 Å². The van der Waals surface area contributed by atoms with Crippen LogP contribution in [-0.2, 0) is 6.54 Å². The zero-order valence-corrected chi connectivity index (χ0v) is 12.6. The van der Waals surface area contributed by atoms with Gasteiger partial charge < -0.3 is 15.4 Å². The maximum Gasteiger partial charge on any atom is 0.422 e. The number of ether oxygens (including phenoxy) is 1. The third-order valence-corrected chi connectivity index (χ3v) is 3.42. The van der Waals surface area contributed by atoms with Crippen molar-refractivity contribution in [2.75, 3.05) is 6.61 Å². The number of hydrogen-bond acceptors (Lipinski definition) is 4. The fraction of sp³-hybridized carbons (Fsp3) is 0.615. The number of halogens is 6. The van der Waals surface area contributed by atoms with Crippen LogP contribution in [0.25, 0.3) is 0 Å². The third kappa shape index (κ3) is 6.27.